The summed E-state index contributed by atoms with van der Waals surface area (Å²) in [6, 6.07) is 6.06. The number of carbonyl (C=O) groups excluding carboxylic acids is 2. The fraction of sp³-hybridized carbons (Fsp3) is 0.333. The quantitative estimate of drug-likeness (QED) is 0.926. The normalized spacial score (nSPS) is 20.7. The molecule has 20 heavy (non-hydrogen) atoms. The zero-order chi connectivity index (χ0) is 13.9. The molecule has 1 aliphatic carbocycles. The van der Waals surface area contributed by atoms with Crippen molar-refractivity contribution >= 4 is 29.0 Å². The van der Waals surface area contributed by atoms with Gasteiger partial charge in [0.1, 0.15) is 5.75 Å². The van der Waals surface area contributed by atoms with Gasteiger partial charge in [0.15, 0.2) is 0 Å². The van der Waals surface area contributed by atoms with Gasteiger partial charge in [-0.05, 0) is 36.1 Å². The van der Waals surface area contributed by atoms with Crippen LogP contribution in [0.4, 0.5) is 4.79 Å². The molecule has 0 spiro atoms. The molecular weight excluding hydrogens is 274 g/mol. The second-order valence-electron chi connectivity index (χ2n) is 4.82. The summed E-state index contributed by atoms with van der Waals surface area (Å²) in [5.74, 6) is 0.618. The molecule has 0 bridgehead atoms. The first-order valence-electron chi connectivity index (χ1n) is 6.66. The van der Waals surface area contributed by atoms with Crippen LogP contribution < -0.4 is 10.1 Å². The van der Waals surface area contributed by atoms with E-state index in [0.29, 0.717) is 13.0 Å². The van der Waals surface area contributed by atoms with E-state index >= 15 is 0 Å². The Morgan fingerprint density at radius 2 is 2.25 bits per heavy atom. The van der Waals surface area contributed by atoms with Crippen molar-refractivity contribution in [2.24, 2.45) is 0 Å². The minimum absolute atomic E-state index is 0.209. The predicted molar refractivity (Wildman–Crippen MR) is 78.8 cm³/mol. The number of fused-ring (bicyclic) bond motifs is 1. The molecule has 1 aromatic carbocycles. The van der Waals surface area contributed by atoms with Crippen LogP contribution in [0.5, 0.6) is 5.75 Å². The van der Waals surface area contributed by atoms with E-state index in [1.165, 1.54) is 11.1 Å². The van der Waals surface area contributed by atoms with Gasteiger partial charge in [-0.1, -0.05) is 30.0 Å². The van der Waals surface area contributed by atoms with E-state index in [9.17, 15) is 9.59 Å². The third-order valence-corrected chi connectivity index (χ3v) is 4.46. The maximum atomic E-state index is 11.4. The van der Waals surface area contributed by atoms with Gasteiger partial charge < -0.3 is 4.74 Å². The zero-order valence-corrected chi connectivity index (χ0v) is 11.7. The van der Waals surface area contributed by atoms with Crippen LogP contribution >= 0.6 is 11.8 Å². The number of benzene rings is 1. The predicted octanol–water partition coefficient (Wildman–Crippen LogP) is 2.77. The van der Waals surface area contributed by atoms with Gasteiger partial charge in [-0.3, -0.25) is 14.9 Å². The molecule has 2 aliphatic rings. The molecule has 1 fully saturated rings. The highest BCUT2D eigenvalue weighted by Crippen LogP contribution is 2.25. The molecular formula is C15H15NO3S. The number of ether oxygens (including phenoxy) is 1. The number of thioether (sulfide) groups is 1. The van der Waals surface area contributed by atoms with Gasteiger partial charge in [0, 0.05) is 6.42 Å². The van der Waals surface area contributed by atoms with Crippen LogP contribution in [0.25, 0.3) is 6.08 Å². The third kappa shape index (κ3) is 2.88. The van der Waals surface area contributed by atoms with Crippen LogP contribution in [0, 0.1) is 0 Å². The molecule has 2 amide bonds. The van der Waals surface area contributed by atoms with Crippen molar-refractivity contribution in [3.05, 3.63) is 35.4 Å². The van der Waals surface area contributed by atoms with E-state index in [1.54, 1.807) is 0 Å². The Morgan fingerprint density at radius 3 is 3.05 bits per heavy atom. The Labute approximate surface area is 121 Å². The molecule has 1 saturated heterocycles. The summed E-state index contributed by atoms with van der Waals surface area (Å²) in [7, 11) is 0. The molecule has 1 atom stereocenters. The number of carbonyl (C=O) groups is 2. The summed E-state index contributed by atoms with van der Waals surface area (Å²) in [5.41, 5.74) is 2.55. The number of nitrogens with one attached hydrogen (secondary N) is 1. The average Bonchev–Trinajstić information content (AvgIpc) is 2.77. The smallest absolute Gasteiger partial charge is 0.286 e. The van der Waals surface area contributed by atoms with Crippen LogP contribution in [-0.2, 0) is 11.2 Å². The first-order chi connectivity index (χ1) is 9.72. The van der Waals surface area contributed by atoms with Gasteiger partial charge in [-0.25, -0.2) is 0 Å². The SMILES string of the molecule is O=C1NC(=O)C(CCOc2ccc3c(c2)CCC=C3)S1. The van der Waals surface area contributed by atoms with Gasteiger partial charge >= 0.3 is 0 Å². The van der Waals surface area contributed by atoms with Crippen LogP contribution in [0.15, 0.2) is 24.3 Å². The summed E-state index contributed by atoms with van der Waals surface area (Å²) in [5, 5.41) is 1.70. The lowest BCUT2D eigenvalue weighted by Crippen LogP contribution is -2.25. The lowest BCUT2D eigenvalue weighted by molar-refractivity contribution is -0.119. The Hall–Kier alpha value is -1.75. The van der Waals surface area contributed by atoms with Crippen LogP contribution in [0.1, 0.15) is 24.0 Å². The van der Waals surface area contributed by atoms with Crippen molar-refractivity contribution in [3.63, 3.8) is 0 Å². The Balaban J connectivity index is 1.55. The topological polar surface area (TPSA) is 55.4 Å². The molecule has 0 radical (unpaired) electrons. The second kappa shape index (κ2) is 5.71. The van der Waals surface area contributed by atoms with Crippen molar-refractivity contribution in [3.8, 4) is 5.75 Å². The van der Waals surface area contributed by atoms with Crippen LogP contribution in [0.3, 0.4) is 0 Å². The summed E-state index contributed by atoms with van der Waals surface area (Å²) in [6.45, 7) is 0.437. The molecule has 0 aromatic heterocycles. The summed E-state index contributed by atoms with van der Waals surface area (Å²) >= 11 is 1.04. The molecule has 104 valence electrons. The van der Waals surface area contributed by atoms with E-state index in [0.717, 1.165) is 30.4 Å². The minimum Gasteiger partial charge on any atom is -0.494 e. The van der Waals surface area contributed by atoms with Gasteiger partial charge in [-0.15, -0.1) is 0 Å². The molecule has 1 heterocycles. The van der Waals surface area contributed by atoms with Gasteiger partial charge in [0.05, 0.1) is 11.9 Å². The third-order valence-electron chi connectivity index (χ3n) is 3.41. The largest absolute Gasteiger partial charge is 0.494 e. The molecule has 5 heteroatoms. The number of hydrogen-bond donors (Lipinski definition) is 1. The zero-order valence-electron chi connectivity index (χ0n) is 10.9. The molecule has 1 N–H and O–H groups in total. The van der Waals surface area contributed by atoms with Gasteiger partial charge in [-0.2, -0.15) is 0 Å². The standard InChI is InChI=1S/C15H15NO3S/c17-14-13(20-15(18)16-14)7-8-19-12-6-5-10-3-1-2-4-11(10)9-12/h1,3,5-6,9,13H,2,4,7-8H2,(H,16,17,18). The van der Waals surface area contributed by atoms with Crippen molar-refractivity contribution < 1.29 is 14.3 Å². The van der Waals surface area contributed by atoms with E-state index in [2.05, 4.69) is 29.6 Å². The van der Waals surface area contributed by atoms with E-state index in [-0.39, 0.29) is 16.4 Å². The number of imide groups is 1. The molecule has 1 aromatic rings. The van der Waals surface area contributed by atoms with Gasteiger partial charge in [0.25, 0.3) is 5.24 Å². The van der Waals surface area contributed by atoms with Crippen LogP contribution in [-0.4, -0.2) is 23.0 Å². The summed E-state index contributed by atoms with van der Waals surface area (Å²) in [4.78, 5) is 22.4. The maximum Gasteiger partial charge on any atom is 0.286 e. The number of rotatable bonds is 4. The number of hydrogen-bond acceptors (Lipinski definition) is 4. The highest BCUT2D eigenvalue weighted by Gasteiger charge is 2.31. The average molecular weight is 289 g/mol. The molecule has 1 aliphatic heterocycles. The van der Waals surface area contributed by atoms with Crippen LogP contribution in [0.2, 0.25) is 0 Å². The number of amides is 2. The monoisotopic (exact) mass is 289 g/mol. The fourth-order valence-corrected chi connectivity index (χ4v) is 3.17. The highest BCUT2D eigenvalue weighted by molar-refractivity contribution is 8.15. The van der Waals surface area contributed by atoms with E-state index in [4.69, 9.17) is 4.74 Å². The first kappa shape index (κ1) is 13.2. The fourth-order valence-electron chi connectivity index (χ4n) is 2.37. The molecule has 1 unspecified atom stereocenters. The molecule has 3 rings (SSSR count). The minimum atomic E-state index is -0.317. The summed E-state index contributed by atoms with van der Waals surface area (Å²) < 4.78 is 5.69. The Morgan fingerprint density at radius 1 is 1.35 bits per heavy atom. The van der Waals surface area contributed by atoms with Crippen molar-refractivity contribution in [2.75, 3.05) is 6.61 Å². The molecule has 4 nitrogen and oxygen atoms in total. The van der Waals surface area contributed by atoms with Crippen molar-refractivity contribution in [2.45, 2.75) is 24.5 Å². The summed E-state index contributed by atoms with van der Waals surface area (Å²) in [6.07, 6.45) is 6.96. The van der Waals surface area contributed by atoms with E-state index in [1.807, 2.05) is 6.07 Å². The first-order valence-corrected chi connectivity index (χ1v) is 7.54. The maximum absolute atomic E-state index is 11.4. The lowest BCUT2D eigenvalue weighted by Gasteiger charge is -2.13. The number of allylic oxidation sites excluding steroid dienone is 1. The van der Waals surface area contributed by atoms with Gasteiger partial charge in [0.2, 0.25) is 5.91 Å². The Bertz CT molecular complexity index is 582. The van der Waals surface area contributed by atoms with E-state index < -0.39 is 0 Å². The highest BCUT2D eigenvalue weighted by atomic mass is 32.2. The Kier molecular flexibility index (Phi) is 3.78. The molecule has 0 saturated carbocycles. The van der Waals surface area contributed by atoms with Crippen molar-refractivity contribution in [1.29, 1.82) is 0 Å². The lowest BCUT2D eigenvalue weighted by atomic mass is 9.97. The number of aryl methyl sites for hydroxylation is 1. The second-order valence-corrected chi connectivity index (χ2v) is 6.00. The van der Waals surface area contributed by atoms with Crippen molar-refractivity contribution in [1.82, 2.24) is 5.32 Å².